The molecule has 2 rings (SSSR count). The molecule has 2 nitrogen and oxygen atoms in total. The van der Waals surface area contributed by atoms with E-state index in [1.807, 2.05) is 6.20 Å². The zero-order valence-corrected chi connectivity index (χ0v) is 7.92. The van der Waals surface area contributed by atoms with Gasteiger partial charge in [0.15, 0.2) is 0 Å². The average molecular weight is 215 g/mol. The molecular formula is C8H11BrN2. The van der Waals surface area contributed by atoms with Crippen LogP contribution in [0.3, 0.4) is 0 Å². The number of halogens is 1. The number of aromatic nitrogens is 2. The zero-order chi connectivity index (χ0) is 7.68. The van der Waals surface area contributed by atoms with Crippen molar-refractivity contribution in [3.63, 3.8) is 0 Å². The van der Waals surface area contributed by atoms with Crippen LogP contribution in [0.5, 0.6) is 0 Å². The van der Waals surface area contributed by atoms with E-state index < -0.39 is 0 Å². The maximum absolute atomic E-state index is 4.27. The van der Waals surface area contributed by atoms with Crippen LogP contribution in [0.15, 0.2) is 16.9 Å². The van der Waals surface area contributed by atoms with Crippen molar-refractivity contribution in [2.45, 2.75) is 31.7 Å². The fourth-order valence-electron chi connectivity index (χ4n) is 1.68. The highest BCUT2D eigenvalue weighted by Crippen LogP contribution is 2.29. The van der Waals surface area contributed by atoms with Crippen LogP contribution in [-0.2, 0) is 0 Å². The average Bonchev–Trinajstić information content (AvgIpc) is 2.55. The molecule has 1 fully saturated rings. The molecule has 0 amide bonds. The Hall–Kier alpha value is -0.310. The summed E-state index contributed by atoms with van der Waals surface area (Å²) in [5.74, 6) is 0. The van der Waals surface area contributed by atoms with Gasteiger partial charge in [-0.1, -0.05) is 12.8 Å². The van der Waals surface area contributed by atoms with E-state index in [9.17, 15) is 0 Å². The zero-order valence-electron chi connectivity index (χ0n) is 6.33. The van der Waals surface area contributed by atoms with Crippen LogP contribution in [0, 0.1) is 0 Å². The van der Waals surface area contributed by atoms with Crippen LogP contribution in [0.4, 0.5) is 0 Å². The summed E-state index contributed by atoms with van der Waals surface area (Å²) in [4.78, 5) is 0. The van der Waals surface area contributed by atoms with Crippen LogP contribution < -0.4 is 0 Å². The highest BCUT2D eigenvalue weighted by Gasteiger charge is 2.16. The molecule has 1 aromatic heterocycles. The van der Waals surface area contributed by atoms with E-state index in [2.05, 4.69) is 31.9 Å². The molecule has 0 atom stereocenters. The molecule has 1 heterocycles. The molecular weight excluding hydrogens is 204 g/mol. The molecule has 0 spiro atoms. The van der Waals surface area contributed by atoms with Crippen molar-refractivity contribution in [2.24, 2.45) is 0 Å². The Balaban J connectivity index is 2.15. The molecule has 1 aliphatic carbocycles. The minimum absolute atomic E-state index is 0.668. The van der Waals surface area contributed by atoms with E-state index in [0.29, 0.717) is 6.04 Å². The summed E-state index contributed by atoms with van der Waals surface area (Å²) in [6, 6.07) is 0.668. The molecule has 1 saturated carbocycles. The largest absolute Gasteiger partial charge is 0.269 e. The number of rotatable bonds is 1. The first kappa shape index (κ1) is 7.35. The molecule has 0 saturated heterocycles. The summed E-state index contributed by atoms with van der Waals surface area (Å²) >= 11 is 3.40. The second-order valence-electron chi connectivity index (χ2n) is 3.08. The summed E-state index contributed by atoms with van der Waals surface area (Å²) in [6.45, 7) is 0. The van der Waals surface area contributed by atoms with Crippen molar-refractivity contribution in [1.82, 2.24) is 9.78 Å². The Labute approximate surface area is 74.7 Å². The third-order valence-electron chi connectivity index (χ3n) is 2.27. The quantitative estimate of drug-likeness (QED) is 0.704. The number of nitrogens with zero attached hydrogens (tertiary/aromatic N) is 2. The van der Waals surface area contributed by atoms with E-state index >= 15 is 0 Å². The van der Waals surface area contributed by atoms with E-state index in [0.717, 1.165) is 4.47 Å². The van der Waals surface area contributed by atoms with Gasteiger partial charge in [-0.2, -0.15) is 5.10 Å². The van der Waals surface area contributed by atoms with Crippen LogP contribution >= 0.6 is 15.9 Å². The van der Waals surface area contributed by atoms with Crippen molar-refractivity contribution in [3.05, 3.63) is 16.9 Å². The topological polar surface area (TPSA) is 17.8 Å². The van der Waals surface area contributed by atoms with Crippen molar-refractivity contribution >= 4 is 15.9 Å². The summed E-state index contributed by atoms with van der Waals surface area (Å²) in [5, 5.41) is 4.27. The van der Waals surface area contributed by atoms with Crippen molar-refractivity contribution < 1.29 is 0 Å². The van der Waals surface area contributed by atoms with Gasteiger partial charge in [0.05, 0.1) is 16.7 Å². The Bertz CT molecular complexity index is 238. The van der Waals surface area contributed by atoms with E-state index in [1.54, 1.807) is 0 Å². The van der Waals surface area contributed by atoms with Gasteiger partial charge in [-0.05, 0) is 28.8 Å². The monoisotopic (exact) mass is 214 g/mol. The molecule has 3 heteroatoms. The van der Waals surface area contributed by atoms with E-state index in [1.165, 1.54) is 25.7 Å². The number of hydrogen-bond acceptors (Lipinski definition) is 1. The van der Waals surface area contributed by atoms with Crippen molar-refractivity contribution in [3.8, 4) is 0 Å². The molecule has 11 heavy (non-hydrogen) atoms. The maximum atomic E-state index is 4.27. The molecule has 1 aliphatic rings. The summed E-state index contributed by atoms with van der Waals surface area (Å²) in [7, 11) is 0. The molecule has 0 bridgehead atoms. The Morgan fingerprint density at radius 2 is 2.18 bits per heavy atom. The first-order chi connectivity index (χ1) is 5.36. The smallest absolute Gasteiger partial charge is 0.0632 e. The minimum Gasteiger partial charge on any atom is -0.269 e. The normalized spacial score (nSPS) is 19.4. The molecule has 0 N–H and O–H groups in total. The Morgan fingerprint density at radius 1 is 1.45 bits per heavy atom. The second kappa shape index (κ2) is 2.97. The lowest BCUT2D eigenvalue weighted by Gasteiger charge is -2.07. The molecule has 0 aliphatic heterocycles. The van der Waals surface area contributed by atoms with Crippen LogP contribution in [0.1, 0.15) is 31.7 Å². The first-order valence-electron chi connectivity index (χ1n) is 4.06. The Kier molecular flexibility index (Phi) is 1.98. The lowest BCUT2D eigenvalue weighted by molar-refractivity contribution is 0.467. The van der Waals surface area contributed by atoms with Gasteiger partial charge in [0, 0.05) is 6.20 Å². The fraction of sp³-hybridized carbons (Fsp3) is 0.625. The lowest BCUT2D eigenvalue weighted by Crippen LogP contribution is -2.04. The van der Waals surface area contributed by atoms with Gasteiger partial charge in [-0.3, -0.25) is 4.68 Å². The number of hydrogen-bond donors (Lipinski definition) is 0. The van der Waals surface area contributed by atoms with Gasteiger partial charge in [-0.25, -0.2) is 0 Å². The molecule has 0 radical (unpaired) electrons. The first-order valence-corrected chi connectivity index (χ1v) is 4.85. The standard InChI is InChI=1S/C8H11BrN2/c9-7-5-10-11(6-7)8-3-1-2-4-8/h5-6,8H,1-4H2. The van der Waals surface area contributed by atoms with E-state index in [4.69, 9.17) is 0 Å². The maximum Gasteiger partial charge on any atom is 0.0632 e. The third-order valence-corrected chi connectivity index (χ3v) is 2.68. The second-order valence-corrected chi connectivity index (χ2v) is 3.99. The fourth-order valence-corrected chi connectivity index (χ4v) is 1.98. The molecule has 0 unspecified atom stereocenters. The lowest BCUT2D eigenvalue weighted by atomic mass is 10.3. The minimum atomic E-state index is 0.668. The van der Waals surface area contributed by atoms with Gasteiger partial charge < -0.3 is 0 Å². The summed E-state index contributed by atoms with van der Waals surface area (Å²) in [6.07, 6.45) is 9.25. The highest BCUT2D eigenvalue weighted by molar-refractivity contribution is 9.10. The highest BCUT2D eigenvalue weighted by atomic mass is 79.9. The van der Waals surface area contributed by atoms with Crippen molar-refractivity contribution in [1.29, 1.82) is 0 Å². The van der Waals surface area contributed by atoms with Crippen LogP contribution in [-0.4, -0.2) is 9.78 Å². The molecule has 0 aromatic carbocycles. The summed E-state index contributed by atoms with van der Waals surface area (Å²) in [5.41, 5.74) is 0. The van der Waals surface area contributed by atoms with Gasteiger partial charge in [-0.15, -0.1) is 0 Å². The Morgan fingerprint density at radius 3 is 2.73 bits per heavy atom. The van der Waals surface area contributed by atoms with Gasteiger partial charge in [0.2, 0.25) is 0 Å². The predicted octanol–water partition coefficient (Wildman–Crippen LogP) is 2.76. The van der Waals surface area contributed by atoms with Gasteiger partial charge >= 0.3 is 0 Å². The summed E-state index contributed by atoms with van der Waals surface area (Å²) < 4.78 is 3.17. The molecule has 60 valence electrons. The third kappa shape index (κ3) is 1.48. The van der Waals surface area contributed by atoms with Crippen molar-refractivity contribution in [2.75, 3.05) is 0 Å². The van der Waals surface area contributed by atoms with Gasteiger partial charge in [0.25, 0.3) is 0 Å². The van der Waals surface area contributed by atoms with Gasteiger partial charge in [0.1, 0.15) is 0 Å². The van der Waals surface area contributed by atoms with E-state index in [-0.39, 0.29) is 0 Å². The van der Waals surface area contributed by atoms with Crippen LogP contribution in [0.25, 0.3) is 0 Å². The predicted molar refractivity (Wildman–Crippen MR) is 47.4 cm³/mol. The molecule has 1 aromatic rings. The van der Waals surface area contributed by atoms with Crippen LogP contribution in [0.2, 0.25) is 0 Å². The SMILES string of the molecule is Brc1cnn(C2CCCC2)c1.